The number of alkyl halides is 12. The highest BCUT2D eigenvalue weighted by atomic mass is 79.9. The van der Waals surface area contributed by atoms with Crippen LogP contribution in [0.3, 0.4) is 0 Å². The Labute approximate surface area is 380 Å². The number of benzene rings is 4. The van der Waals surface area contributed by atoms with Gasteiger partial charge in [-0.25, -0.2) is 0 Å². The van der Waals surface area contributed by atoms with E-state index >= 15 is 0 Å². The molecule has 1 aliphatic carbocycles. The number of hydrogen-bond acceptors (Lipinski definition) is 2. The summed E-state index contributed by atoms with van der Waals surface area (Å²) < 4.78 is 187. The average molecular weight is 991 g/mol. The second-order valence-electron chi connectivity index (χ2n) is 18.6. The second-order valence-corrected chi connectivity index (χ2v) is 18.6. The van der Waals surface area contributed by atoms with Crippen molar-refractivity contribution in [3.63, 3.8) is 0 Å². The molecule has 0 N–H and O–H groups in total. The van der Waals surface area contributed by atoms with Gasteiger partial charge in [0.2, 0.25) is 5.76 Å². The quantitative estimate of drug-likeness (QED) is 0.109. The van der Waals surface area contributed by atoms with E-state index in [0.29, 0.717) is 29.8 Å². The van der Waals surface area contributed by atoms with Gasteiger partial charge < -0.3 is 14.0 Å². The fourth-order valence-electron chi connectivity index (χ4n) is 8.58. The van der Waals surface area contributed by atoms with Crippen molar-refractivity contribution in [2.24, 2.45) is 5.41 Å². The smallest absolute Gasteiger partial charge is 0.416 e. The van der Waals surface area contributed by atoms with Gasteiger partial charge in [-0.2, -0.15) is 52.7 Å². The zero-order chi connectivity index (χ0) is 47.9. The summed E-state index contributed by atoms with van der Waals surface area (Å²) in [6.45, 7) is 12.0. The van der Waals surface area contributed by atoms with E-state index in [1.54, 1.807) is 72.9 Å². The first kappa shape index (κ1) is 51.2. The Hall–Kier alpha value is -4.79. The van der Waals surface area contributed by atoms with Crippen LogP contribution < -0.4 is 4.74 Å². The van der Waals surface area contributed by atoms with Crippen LogP contribution in [0.25, 0.3) is 22.3 Å². The molecule has 3 nitrogen and oxygen atoms in total. The van der Waals surface area contributed by atoms with Gasteiger partial charge in [0.15, 0.2) is 5.57 Å². The molecule has 1 aliphatic heterocycles. The number of methoxy groups -OCH3 is 2. The molecule has 0 radical (unpaired) electrons. The van der Waals surface area contributed by atoms with Crippen LogP contribution in [0.1, 0.15) is 105 Å². The summed E-state index contributed by atoms with van der Waals surface area (Å²) in [6, 6.07) is 12.6. The van der Waals surface area contributed by atoms with Crippen molar-refractivity contribution < 1.29 is 66.6 Å². The topological polar surface area (TPSA) is 18.5 Å². The van der Waals surface area contributed by atoms with Crippen LogP contribution in [0.5, 0.6) is 5.75 Å². The molecule has 0 saturated heterocycles. The van der Waals surface area contributed by atoms with Crippen molar-refractivity contribution in [2.75, 3.05) is 27.8 Å². The molecule has 2 atom stereocenters. The highest BCUT2D eigenvalue weighted by Gasteiger charge is 2.50. The molecule has 2 aliphatic rings. The van der Waals surface area contributed by atoms with Crippen molar-refractivity contribution in [2.45, 2.75) is 91.2 Å². The van der Waals surface area contributed by atoms with Crippen LogP contribution in [0.15, 0.2) is 89.7 Å². The number of ether oxygens (including phenoxy) is 2. The van der Waals surface area contributed by atoms with Crippen molar-refractivity contribution in [1.29, 1.82) is 0 Å². The third-order valence-electron chi connectivity index (χ3n) is 11.9. The largest absolute Gasteiger partial charge is 0.496 e. The minimum Gasteiger partial charge on any atom is -0.496 e. The lowest BCUT2D eigenvalue weighted by Crippen LogP contribution is -2.46. The summed E-state index contributed by atoms with van der Waals surface area (Å²) >= 11 is 0. The first-order valence-corrected chi connectivity index (χ1v) is 20.1. The van der Waals surface area contributed by atoms with Crippen LogP contribution in [0.2, 0.25) is 0 Å². The van der Waals surface area contributed by atoms with Crippen LogP contribution >= 0.6 is 17.0 Å². The first-order chi connectivity index (χ1) is 29.2. The van der Waals surface area contributed by atoms with Crippen LogP contribution in [0.4, 0.5) is 52.7 Å². The summed E-state index contributed by atoms with van der Waals surface area (Å²) in [7, 11) is 4.26. The minimum absolute atomic E-state index is 0. The van der Waals surface area contributed by atoms with Crippen molar-refractivity contribution >= 4 is 28.1 Å². The number of hydrogen-bond donors (Lipinski definition) is 0. The molecule has 1 unspecified atom stereocenters. The van der Waals surface area contributed by atoms with Gasteiger partial charge in [-0.3, -0.25) is 0 Å². The zero-order valence-electron chi connectivity index (χ0n) is 37.1. The van der Waals surface area contributed by atoms with E-state index in [1.807, 2.05) is 19.1 Å². The van der Waals surface area contributed by atoms with Gasteiger partial charge in [-0.15, -0.1) is 17.0 Å². The Bertz CT molecular complexity index is 2500. The molecular formula is C49H48BrF12NO2+2. The molecule has 0 fully saturated rings. The fourth-order valence-corrected chi connectivity index (χ4v) is 8.58. The van der Waals surface area contributed by atoms with Gasteiger partial charge >= 0.3 is 24.7 Å². The van der Waals surface area contributed by atoms with Crippen LogP contribution in [-0.4, -0.2) is 32.3 Å². The molecule has 6 rings (SSSR count). The van der Waals surface area contributed by atoms with E-state index in [9.17, 15) is 52.7 Å². The fraction of sp³-hybridized carbons (Fsp3) is 0.388. The Morgan fingerprint density at radius 3 is 1.46 bits per heavy atom. The van der Waals surface area contributed by atoms with E-state index in [2.05, 4.69) is 6.08 Å². The first-order valence-electron chi connectivity index (χ1n) is 20.1. The molecule has 4 aromatic rings. The number of allylic oxidation sites excluding steroid dienone is 3. The molecule has 65 heavy (non-hydrogen) atoms. The maximum atomic E-state index is 14.6. The summed E-state index contributed by atoms with van der Waals surface area (Å²) in [6.07, 6.45) is -17.5. The third kappa shape index (κ3) is 10.00. The van der Waals surface area contributed by atoms with Crippen LogP contribution in [-0.2, 0) is 41.4 Å². The highest BCUT2D eigenvalue weighted by molar-refractivity contribution is 8.93. The van der Waals surface area contributed by atoms with E-state index in [-0.39, 0.29) is 97.2 Å². The standard InChI is InChI=1S/C49H47F12NO2.BrH/c1-26(27-14-12-11-13-15-27)62(8)24-36-34(22-38(44(2,3)4)42(63-9)40(36)28-16-30(46(50,51)52)20-31(17-28)47(53,54)55)35-23-39(45(5,6)7)43(64-10)41(37(35)25-62)29-18-32(48(56,57)58)21-33(19-29)49(59,60)61;/h11-22,26H,24-25H2,1-10H3;1H/q+2;/t26?,62-;/m1./s1. The Morgan fingerprint density at radius 1 is 0.600 bits per heavy atom. The highest BCUT2D eigenvalue weighted by Crippen LogP contribution is 2.55. The van der Waals surface area contributed by atoms with E-state index in [1.165, 1.54) is 14.2 Å². The lowest BCUT2D eigenvalue weighted by Gasteiger charge is -2.39. The summed E-state index contributed by atoms with van der Waals surface area (Å²) in [5.74, 6) is -0.0721. The van der Waals surface area contributed by atoms with E-state index in [0.717, 1.165) is 5.56 Å². The average Bonchev–Trinajstić information content (AvgIpc) is 3.30. The number of quaternary nitrogens is 1. The van der Waals surface area contributed by atoms with Crippen molar-refractivity contribution in [3.8, 4) is 16.9 Å². The molecule has 1 heterocycles. The third-order valence-corrected chi connectivity index (χ3v) is 11.9. The minimum atomic E-state index is -5.22. The molecule has 350 valence electrons. The van der Waals surface area contributed by atoms with Crippen molar-refractivity contribution in [3.05, 3.63) is 146 Å². The SMILES string of the molecule is Br.COC1=C(C(C)(C)C)[C+]=C2C(=C1c1cc(C(F)(F)F)cc(C(F)(F)F)c1)C[N@+](C)(C(C)c1ccccc1)Cc1c2cc(C(C)(C)C)c(OC)c1-c1cc(C(F)(F)F)cc(C(F)(F)F)c1. The molecule has 0 saturated carbocycles. The number of halogens is 13. The Morgan fingerprint density at radius 2 is 1.06 bits per heavy atom. The van der Waals surface area contributed by atoms with Crippen molar-refractivity contribution in [1.82, 2.24) is 0 Å². The lowest BCUT2D eigenvalue weighted by atomic mass is 9.73. The number of rotatable bonds is 6. The second kappa shape index (κ2) is 17.1. The van der Waals surface area contributed by atoms with Gasteiger partial charge in [-0.05, 0) is 60.4 Å². The Balaban J connectivity index is 0.00000793. The molecule has 0 spiro atoms. The van der Waals surface area contributed by atoms with Gasteiger partial charge in [0.1, 0.15) is 41.6 Å². The van der Waals surface area contributed by atoms with E-state index in [4.69, 9.17) is 9.47 Å². The normalized spacial score (nSPS) is 17.9. The summed E-state index contributed by atoms with van der Waals surface area (Å²) in [5.41, 5.74) is -7.21. The summed E-state index contributed by atoms with van der Waals surface area (Å²) in [5, 5.41) is 0. The van der Waals surface area contributed by atoms with E-state index < -0.39 is 75.0 Å². The number of fused-ring (bicyclic) bond motifs is 3. The number of likely N-dealkylation sites (N-methyl/N-ethyl adjacent to an activating group) is 1. The lowest BCUT2D eigenvalue weighted by molar-refractivity contribution is -0.945. The Kier molecular flexibility index (Phi) is 13.5. The van der Waals surface area contributed by atoms with Gasteiger partial charge in [0, 0.05) is 33.7 Å². The molecule has 0 aromatic heterocycles. The zero-order valence-corrected chi connectivity index (χ0v) is 38.8. The maximum Gasteiger partial charge on any atom is 0.416 e. The monoisotopic (exact) mass is 989 g/mol. The maximum absolute atomic E-state index is 14.6. The molecule has 0 amide bonds. The molecule has 16 heteroatoms. The van der Waals surface area contributed by atoms with Gasteiger partial charge in [0.05, 0.1) is 54.6 Å². The predicted molar refractivity (Wildman–Crippen MR) is 231 cm³/mol. The number of nitrogens with zero attached hydrogens (tertiary/aromatic N) is 1. The molecule has 4 aromatic carbocycles. The molecular weight excluding hydrogens is 942 g/mol. The summed E-state index contributed by atoms with van der Waals surface area (Å²) in [4.78, 5) is 0. The van der Waals surface area contributed by atoms with Gasteiger partial charge in [0.25, 0.3) is 0 Å². The van der Waals surface area contributed by atoms with Crippen LogP contribution in [0, 0.1) is 11.5 Å². The van der Waals surface area contributed by atoms with Gasteiger partial charge in [-0.1, -0.05) is 71.9 Å². The molecule has 0 bridgehead atoms. The predicted octanol–water partition coefficient (Wildman–Crippen LogP) is 15.6.